The van der Waals surface area contributed by atoms with Gasteiger partial charge in [-0.25, -0.2) is 0 Å². The van der Waals surface area contributed by atoms with Crippen LogP contribution in [0.25, 0.3) is 0 Å². The number of pyridine rings is 2. The molecular weight excluding hydrogens is 574 g/mol. The number of anilines is 2. The number of carboxylic acid groups (broad SMARTS) is 3. The van der Waals surface area contributed by atoms with Crippen molar-refractivity contribution in [2.45, 2.75) is 66.1 Å². The lowest BCUT2D eigenvalue weighted by Crippen LogP contribution is -2.44. The van der Waals surface area contributed by atoms with Gasteiger partial charge in [-0.15, -0.1) is 0 Å². The van der Waals surface area contributed by atoms with E-state index in [1.165, 1.54) is 0 Å². The van der Waals surface area contributed by atoms with Crippen LogP contribution in [0.3, 0.4) is 0 Å². The van der Waals surface area contributed by atoms with Crippen LogP contribution in [0.4, 0.5) is 11.4 Å². The number of nitrogens with two attached hydrogens (primary N) is 1. The van der Waals surface area contributed by atoms with Gasteiger partial charge in [-0.2, -0.15) is 0 Å². The summed E-state index contributed by atoms with van der Waals surface area (Å²) in [5.41, 5.74) is 11.2. The van der Waals surface area contributed by atoms with Gasteiger partial charge >= 0.3 is 17.9 Å². The van der Waals surface area contributed by atoms with Crippen molar-refractivity contribution in [1.29, 1.82) is 0 Å². The summed E-state index contributed by atoms with van der Waals surface area (Å²) in [6, 6.07) is 3.93. The van der Waals surface area contributed by atoms with Crippen molar-refractivity contribution in [3.63, 3.8) is 0 Å². The summed E-state index contributed by atoms with van der Waals surface area (Å²) in [6.07, 6.45) is 3.21. The molecule has 2 saturated heterocycles. The van der Waals surface area contributed by atoms with E-state index < -0.39 is 30.4 Å². The minimum Gasteiger partial charge on any atom is -0.481 e. The Morgan fingerprint density at radius 3 is 1.80 bits per heavy atom. The Morgan fingerprint density at radius 1 is 0.909 bits per heavy atom. The number of carboxylic acids is 3. The van der Waals surface area contributed by atoms with Crippen LogP contribution in [0.2, 0.25) is 0 Å². The summed E-state index contributed by atoms with van der Waals surface area (Å²) in [4.78, 5) is 53.5. The first kappa shape index (κ1) is 37.9. The molecule has 2 fully saturated rings. The third kappa shape index (κ3) is 11.9. The standard InChI is InChI=1S/C14H21N3O3.C12H16N2O2.C3H4O4.CH4/c1-9-8-20-4-3-17(9)13-5-11(7-16-10(13)2)12(15)6-14(18)19;1-9-8-16-4-3-14(9)12-5-11(7-15)6-13-10(12)2;4-2(5)1-3(6)7;/h5,7,9,12H,3-4,6,8,15H2,1-2H3,(H,18,19);5-7,9H,3-4,8H2,1-2H3;1H2,(H,4,5)(H,6,7);1H4/t9-,12?;9-;;/m00../s1. The number of hydrogen-bond donors (Lipinski definition) is 4. The molecule has 0 amide bonds. The van der Waals surface area contributed by atoms with Crippen LogP contribution < -0.4 is 15.5 Å². The molecule has 4 heterocycles. The van der Waals surface area contributed by atoms with Gasteiger partial charge in [0.15, 0.2) is 6.29 Å². The third-order valence-electron chi connectivity index (χ3n) is 6.78. The molecule has 0 saturated carbocycles. The summed E-state index contributed by atoms with van der Waals surface area (Å²) < 4.78 is 10.8. The van der Waals surface area contributed by atoms with E-state index in [2.05, 4.69) is 33.6 Å². The highest BCUT2D eigenvalue weighted by Gasteiger charge is 2.23. The van der Waals surface area contributed by atoms with Gasteiger partial charge < -0.3 is 40.3 Å². The fourth-order valence-electron chi connectivity index (χ4n) is 4.53. The van der Waals surface area contributed by atoms with Crippen LogP contribution in [0.15, 0.2) is 24.5 Å². The molecule has 5 N–H and O–H groups in total. The number of carbonyl (C=O) groups is 4. The van der Waals surface area contributed by atoms with E-state index in [1.807, 2.05) is 26.0 Å². The molecule has 2 aromatic heterocycles. The molecule has 0 spiro atoms. The molecule has 0 radical (unpaired) electrons. The Bertz CT molecular complexity index is 1250. The average molecular weight is 620 g/mol. The molecule has 44 heavy (non-hydrogen) atoms. The van der Waals surface area contributed by atoms with E-state index in [-0.39, 0.29) is 19.9 Å². The Labute approximate surface area is 257 Å². The minimum absolute atomic E-state index is 0. The highest BCUT2D eigenvalue weighted by atomic mass is 16.5. The quantitative estimate of drug-likeness (QED) is 0.248. The number of rotatable bonds is 8. The van der Waals surface area contributed by atoms with Gasteiger partial charge in [0.25, 0.3) is 0 Å². The average Bonchev–Trinajstić information content (AvgIpc) is 2.94. The Balaban J connectivity index is 0.000000362. The number of aromatic nitrogens is 2. The van der Waals surface area contributed by atoms with Crippen molar-refractivity contribution < 1.29 is 44.0 Å². The summed E-state index contributed by atoms with van der Waals surface area (Å²) >= 11 is 0. The van der Waals surface area contributed by atoms with Gasteiger partial charge in [-0.05, 0) is 45.4 Å². The van der Waals surface area contributed by atoms with E-state index in [9.17, 15) is 19.2 Å². The predicted octanol–water partition coefficient (Wildman–Crippen LogP) is 2.70. The van der Waals surface area contributed by atoms with E-state index in [4.69, 9.17) is 30.5 Å². The molecule has 0 bridgehead atoms. The van der Waals surface area contributed by atoms with Crippen LogP contribution in [0.5, 0.6) is 0 Å². The summed E-state index contributed by atoms with van der Waals surface area (Å²) in [5.74, 6) is -3.53. The highest BCUT2D eigenvalue weighted by molar-refractivity contribution is 5.88. The number of morpholine rings is 2. The molecule has 0 aromatic carbocycles. The molecule has 14 heteroatoms. The van der Waals surface area contributed by atoms with Crippen molar-refractivity contribution in [3.8, 4) is 0 Å². The lowest BCUT2D eigenvalue weighted by Gasteiger charge is -2.36. The molecular formula is C30H45N5O9. The zero-order valence-corrected chi connectivity index (χ0v) is 24.9. The smallest absolute Gasteiger partial charge is 0.314 e. The maximum atomic E-state index is 10.8. The highest BCUT2D eigenvalue weighted by Crippen LogP contribution is 2.26. The van der Waals surface area contributed by atoms with Gasteiger partial charge in [0, 0.05) is 49.2 Å². The van der Waals surface area contributed by atoms with Crippen molar-refractivity contribution in [2.75, 3.05) is 49.3 Å². The zero-order chi connectivity index (χ0) is 32.1. The van der Waals surface area contributed by atoms with Crippen molar-refractivity contribution in [1.82, 2.24) is 9.97 Å². The van der Waals surface area contributed by atoms with Crippen LogP contribution in [-0.4, -0.2) is 101 Å². The summed E-state index contributed by atoms with van der Waals surface area (Å²) in [5, 5.41) is 24.2. The molecule has 244 valence electrons. The second-order valence-corrected chi connectivity index (χ2v) is 10.3. The van der Waals surface area contributed by atoms with Crippen LogP contribution in [-0.2, 0) is 23.9 Å². The van der Waals surface area contributed by atoms with E-state index >= 15 is 0 Å². The molecule has 14 nitrogen and oxygen atoms in total. The Hall–Kier alpha value is -4.14. The largest absolute Gasteiger partial charge is 0.481 e. The lowest BCUT2D eigenvalue weighted by atomic mass is 10.0. The number of aryl methyl sites for hydroxylation is 2. The van der Waals surface area contributed by atoms with Gasteiger partial charge in [-0.3, -0.25) is 29.1 Å². The Kier molecular flexibility index (Phi) is 15.9. The fourth-order valence-corrected chi connectivity index (χ4v) is 4.53. The summed E-state index contributed by atoms with van der Waals surface area (Å²) in [7, 11) is 0. The number of ether oxygens (including phenoxy) is 2. The van der Waals surface area contributed by atoms with Gasteiger partial charge in [0.1, 0.15) is 6.42 Å². The second kappa shape index (κ2) is 18.5. The fraction of sp³-hybridized carbons (Fsp3) is 0.533. The van der Waals surface area contributed by atoms with Crippen molar-refractivity contribution in [2.24, 2.45) is 5.73 Å². The molecule has 3 atom stereocenters. The second-order valence-electron chi connectivity index (χ2n) is 10.3. The summed E-state index contributed by atoms with van der Waals surface area (Å²) in [6.45, 7) is 12.6. The van der Waals surface area contributed by atoms with Crippen LogP contribution in [0, 0.1) is 13.8 Å². The topological polar surface area (TPSA) is 206 Å². The SMILES string of the molecule is C.Cc1ncc(C(N)CC(=O)O)cc1N1CCOC[C@@H]1C.Cc1ncc(C=O)cc1N1CCOC[C@@H]1C.O=C(O)CC(=O)O. The molecule has 2 aromatic rings. The molecule has 1 unspecified atom stereocenters. The number of carbonyl (C=O) groups excluding carboxylic acids is 1. The molecule has 0 aliphatic carbocycles. The van der Waals surface area contributed by atoms with Gasteiger partial charge in [0.2, 0.25) is 0 Å². The lowest BCUT2D eigenvalue weighted by molar-refractivity contribution is -0.147. The van der Waals surface area contributed by atoms with E-state index in [0.29, 0.717) is 24.8 Å². The number of nitrogens with zero attached hydrogens (tertiary/aromatic N) is 4. The Morgan fingerprint density at radius 2 is 1.39 bits per heavy atom. The van der Waals surface area contributed by atoms with E-state index in [0.717, 1.165) is 60.9 Å². The molecule has 4 rings (SSSR count). The first-order valence-corrected chi connectivity index (χ1v) is 13.8. The zero-order valence-electron chi connectivity index (χ0n) is 24.9. The third-order valence-corrected chi connectivity index (χ3v) is 6.78. The number of aliphatic carboxylic acids is 3. The van der Waals surface area contributed by atoms with Gasteiger partial charge in [-0.1, -0.05) is 7.43 Å². The number of aldehydes is 1. The first-order valence-electron chi connectivity index (χ1n) is 13.8. The predicted molar refractivity (Wildman–Crippen MR) is 164 cm³/mol. The van der Waals surface area contributed by atoms with Crippen LogP contribution in [0.1, 0.15) is 67.5 Å². The minimum atomic E-state index is -1.31. The van der Waals surface area contributed by atoms with Gasteiger partial charge in [0.05, 0.1) is 55.6 Å². The van der Waals surface area contributed by atoms with Crippen molar-refractivity contribution >= 4 is 35.6 Å². The molecule has 2 aliphatic rings. The maximum Gasteiger partial charge on any atom is 0.314 e. The number of hydrogen-bond acceptors (Lipinski definition) is 11. The van der Waals surface area contributed by atoms with Crippen LogP contribution >= 0.6 is 0 Å². The monoisotopic (exact) mass is 619 g/mol. The first-order chi connectivity index (χ1) is 20.3. The molecule has 2 aliphatic heterocycles. The van der Waals surface area contributed by atoms with Crippen molar-refractivity contribution in [3.05, 3.63) is 47.0 Å². The normalized spacial score (nSPS) is 18.3. The maximum absolute atomic E-state index is 10.8. The van der Waals surface area contributed by atoms with E-state index in [1.54, 1.807) is 12.4 Å².